The summed E-state index contributed by atoms with van der Waals surface area (Å²) in [5.41, 5.74) is -0.975. The predicted octanol–water partition coefficient (Wildman–Crippen LogP) is 3.37. The monoisotopic (exact) mass is 350 g/mol. The molecule has 1 fully saturated rings. The SMILES string of the molecule is CC1(C(=O)O)CCCN(C(=O)c2ncc(Cl)c(Cl)c2Cl)C1. The van der Waals surface area contributed by atoms with Crippen LogP contribution in [0.25, 0.3) is 0 Å². The molecule has 1 aromatic rings. The Bertz CT molecular complexity index is 609. The van der Waals surface area contributed by atoms with Gasteiger partial charge in [0.25, 0.3) is 5.91 Å². The molecule has 1 aliphatic rings. The molecule has 1 atom stereocenters. The van der Waals surface area contributed by atoms with Gasteiger partial charge in [-0.15, -0.1) is 0 Å². The summed E-state index contributed by atoms with van der Waals surface area (Å²) in [6.45, 7) is 2.19. The molecule has 0 radical (unpaired) electrons. The zero-order valence-corrected chi connectivity index (χ0v) is 13.5. The van der Waals surface area contributed by atoms with Gasteiger partial charge in [0.05, 0.1) is 20.5 Å². The highest BCUT2D eigenvalue weighted by Crippen LogP contribution is 2.34. The van der Waals surface area contributed by atoms with Crippen molar-refractivity contribution in [3.8, 4) is 0 Å². The van der Waals surface area contributed by atoms with Crippen molar-refractivity contribution in [3.05, 3.63) is 27.0 Å². The summed E-state index contributed by atoms with van der Waals surface area (Å²) >= 11 is 17.7. The Morgan fingerprint density at radius 3 is 2.62 bits per heavy atom. The normalized spacial score (nSPS) is 22.2. The second kappa shape index (κ2) is 5.99. The predicted molar refractivity (Wildman–Crippen MR) is 80.1 cm³/mol. The molecule has 2 heterocycles. The van der Waals surface area contributed by atoms with E-state index >= 15 is 0 Å². The fourth-order valence-electron chi connectivity index (χ4n) is 2.33. The molecule has 1 amide bonds. The molecule has 1 saturated heterocycles. The van der Waals surface area contributed by atoms with Gasteiger partial charge in [-0.2, -0.15) is 0 Å². The number of carbonyl (C=O) groups excluding carboxylic acids is 1. The second-order valence-electron chi connectivity index (χ2n) is 5.28. The van der Waals surface area contributed by atoms with Crippen molar-refractivity contribution in [2.75, 3.05) is 13.1 Å². The van der Waals surface area contributed by atoms with Crippen molar-refractivity contribution < 1.29 is 14.7 Å². The van der Waals surface area contributed by atoms with Crippen LogP contribution in [0.2, 0.25) is 15.1 Å². The van der Waals surface area contributed by atoms with E-state index in [2.05, 4.69) is 4.98 Å². The molecule has 21 heavy (non-hydrogen) atoms. The molecule has 1 unspecified atom stereocenters. The van der Waals surface area contributed by atoms with Gasteiger partial charge in [-0.3, -0.25) is 9.59 Å². The number of aromatic nitrogens is 1. The van der Waals surface area contributed by atoms with Crippen molar-refractivity contribution in [1.82, 2.24) is 9.88 Å². The zero-order valence-electron chi connectivity index (χ0n) is 11.2. The van der Waals surface area contributed by atoms with Gasteiger partial charge in [0, 0.05) is 19.3 Å². The number of hydrogen-bond donors (Lipinski definition) is 1. The molecule has 1 N–H and O–H groups in total. The van der Waals surface area contributed by atoms with E-state index in [1.165, 1.54) is 11.1 Å². The number of pyridine rings is 1. The molecule has 0 bridgehead atoms. The zero-order chi connectivity index (χ0) is 15.8. The number of carboxylic acids is 1. The van der Waals surface area contributed by atoms with Gasteiger partial charge in [0.1, 0.15) is 5.69 Å². The number of likely N-dealkylation sites (tertiary alicyclic amines) is 1. The Kier molecular flexibility index (Phi) is 4.66. The number of hydrogen-bond acceptors (Lipinski definition) is 3. The molecule has 8 heteroatoms. The number of carbonyl (C=O) groups is 2. The van der Waals surface area contributed by atoms with Crippen LogP contribution in [0.5, 0.6) is 0 Å². The number of halogens is 3. The first-order valence-electron chi connectivity index (χ1n) is 6.28. The van der Waals surface area contributed by atoms with Crippen LogP contribution < -0.4 is 0 Å². The molecule has 1 aromatic heterocycles. The summed E-state index contributed by atoms with van der Waals surface area (Å²) in [6, 6.07) is 0. The van der Waals surface area contributed by atoms with Gasteiger partial charge in [-0.1, -0.05) is 34.8 Å². The largest absolute Gasteiger partial charge is 0.481 e. The van der Waals surface area contributed by atoms with Gasteiger partial charge >= 0.3 is 5.97 Å². The smallest absolute Gasteiger partial charge is 0.311 e. The van der Waals surface area contributed by atoms with Crippen LogP contribution in [0, 0.1) is 5.41 Å². The van der Waals surface area contributed by atoms with E-state index in [4.69, 9.17) is 34.8 Å². The molecule has 0 spiro atoms. The average Bonchev–Trinajstić information content (AvgIpc) is 2.44. The maximum absolute atomic E-state index is 12.5. The first kappa shape index (κ1) is 16.3. The maximum Gasteiger partial charge on any atom is 0.311 e. The summed E-state index contributed by atoms with van der Waals surface area (Å²) in [5.74, 6) is -1.36. The lowest BCUT2D eigenvalue weighted by Crippen LogP contribution is -2.48. The summed E-state index contributed by atoms with van der Waals surface area (Å²) in [7, 11) is 0. The van der Waals surface area contributed by atoms with Crippen LogP contribution in [-0.2, 0) is 4.79 Å². The topological polar surface area (TPSA) is 70.5 Å². The molecule has 0 aliphatic carbocycles. The molecular weight excluding hydrogens is 339 g/mol. The number of amides is 1. The molecule has 114 valence electrons. The van der Waals surface area contributed by atoms with Gasteiger partial charge < -0.3 is 10.0 Å². The van der Waals surface area contributed by atoms with Crippen LogP contribution in [0.1, 0.15) is 30.3 Å². The Balaban J connectivity index is 2.28. The Hall–Kier alpha value is -1.04. The summed E-state index contributed by atoms with van der Waals surface area (Å²) in [5, 5.41) is 9.49. The minimum Gasteiger partial charge on any atom is -0.481 e. The third-order valence-corrected chi connectivity index (χ3v) is 4.86. The number of piperidine rings is 1. The van der Waals surface area contributed by atoms with Gasteiger partial charge in [0.15, 0.2) is 0 Å². The van der Waals surface area contributed by atoms with Crippen LogP contribution in [0.3, 0.4) is 0 Å². The van der Waals surface area contributed by atoms with Crippen LogP contribution in [0.4, 0.5) is 0 Å². The molecule has 2 rings (SSSR count). The molecule has 0 aromatic carbocycles. The van der Waals surface area contributed by atoms with Crippen molar-refractivity contribution in [2.45, 2.75) is 19.8 Å². The van der Waals surface area contributed by atoms with E-state index in [9.17, 15) is 14.7 Å². The molecule has 1 aliphatic heterocycles. The maximum atomic E-state index is 12.5. The average molecular weight is 352 g/mol. The van der Waals surface area contributed by atoms with Crippen molar-refractivity contribution in [1.29, 1.82) is 0 Å². The third-order valence-electron chi connectivity index (χ3n) is 3.62. The van der Waals surface area contributed by atoms with Crippen LogP contribution >= 0.6 is 34.8 Å². The van der Waals surface area contributed by atoms with E-state index in [1.807, 2.05) is 0 Å². The summed E-state index contributed by atoms with van der Waals surface area (Å²) in [4.78, 5) is 29.2. The fraction of sp³-hybridized carbons (Fsp3) is 0.462. The van der Waals surface area contributed by atoms with Crippen molar-refractivity contribution >= 4 is 46.7 Å². The van der Waals surface area contributed by atoms with Gasteiger partial charge in [-0.05, 0) is 19.8 Å². The van der Waals surface area contributed by atoms with E-state index < -0.39 is 17.3 Å². The lowest BCUT2D eigenvalue weighted by Gasteiger charge is -2.37. The van der Waals surface area contributed by atoms with Crippen LogP contribution in [-0.4, -0.2) is 40.0 Å². The van der Waals surface area contributed by atoms with Crippen molar-refractivity contribution in [2.24, 2.45) is 5.41 Å². The Morgan fingerprint density at radius 2 is 2.00 bits per heavy atom. The minimum atomic E-state index is -0.962. The van der Waals surface area contributed by atoms with Gasteiger partial charge in [-0.25, -0.2) is 4.98 Å². The highest BCUT2D eigenvalue weighted by Gasteiger charge is 2.40. The highest BCUT2D eigenvalue weighted by atomic mass is 35.5. The number of carboxylic acid groups (broad SMARTS) is 1. The lowest BCUT2D eigenvalue weighted by molar-refractivity contribution is -0.150. The fourth-order valence-corrected chi connectivity index (χ4v) is 2.89. The number of nitrogens with zero attached hydrogens (tertiary/aromatic N) is 2. The lowest BCUT2D eigenvalue weighted by atomic mass is 9.82. The van der Waals surface area contributed by atoms with E-state index in [0.29, 0.717) is 19.4 Å². The number of aliphatic carboxylic acids is 1. The molecule has 0 saturated carbocycles. The van der Waals surface area contributed by atoms with E-state index in [1.54, 1.807) is 6.92 Å². The standard InChI is InChI=1S/C13H13Cl3N2O3/c1-13(12(20)21)3-2-4-18(6-13)11(19)10-9(16)8(15)7(14)5-17-10/h5H,2-4,6H2,1H3,(H,20,21). The third kappa shape index (κ3) is 3.10. The van der Waals surface area contributed by atoms with Gasteiger partial charge in [0.2, 0.25) is 0 Å². The molecule has 5 nitrogen and oxygen atoms in total. The minimum absolute atomic E-state index is 0.0132. The number of rotatable bonds is 2. The second-order valence-corrected chi connectivity index (χ2v) is 6.44. The van der Waals surface area contributed by atoms with E-state index in [-0.39, 0.29) is 27.3 Å². The van der Waals surface area contributed by atoms with E-state index in [0.717, 1.165) is 0 Å². The summed E-state index contributed by atoms with van der Waals surface area (Å²) in [6.07, 6.45) is 2.38. The first-order chi connectivity index (χ1) is 9.76. The quantitative estimate of drug-likeness (QED) is 0.887. The Labute approximate surface area is 136 Å². The molecular formula is C13H13Cl3N2O3. The Morgan fingerprint density at radius 1 is 1.33 bits per heavy atom. The summed E-state index contributed by atoms with van der Waals surface area (Å²) < 4.78 is 0. The van der Waals surface area contributed by atoms with Crippen molar-refractivity contribution in [3.63, 3.8) is 0 Å². The highest BCUT2D eigenvalue weighted by molar-refractivity contribution is 6.48. The first-order valence-corrected chi connectivity index (χ1v) is 7.42. The van der Waals surface area contributed by atoms with Crippen LogP contribution in [0.15, 0.2) is 6.20 Å².